The molecule has 21 heavy (non-hydrogen) atoms. The fourth-order valence-corrected chi connectivity index (χ4v) is 2.50. The lowest BCUT2D eigenvalue weighted by Gasteiger charge is -2.05. The number of rotatable bonds is 2. The molecule has 0 radical (unpaired) electrons. The van der Waals surface area contributed by atoms with Gasteiger partial charge in [0.2, 0.25) is 0 Å². The van der Waals surface area contributed by atoms with E-state index < -0.39 is 0 Å². The number of ketones is 1. The van der Waals surface area contributed by atoms with E-state index in [0.717, 1.165) is 22.5 Å². The molecule has 3 aromatic rings. The molecule has 0 unspecified atom stereocenters. The van der Waals surface area contributed by atoms with Gasteiger partial charge in [-0.3, -0.25) is 4.79 Å². The van der Waals surface area contributed by atoms with Gasteiger partial charge in [-0.25, -0.2) is 13.9 Å². The van der Waals surface area contributed by atoms with Gasteiger partial charge in [-0.2, -0.15) is 5.10 Å². The molecule has 4 nitrogen and oxygen atoms in total. The van der Waals surface area contributed by atoms with Gasteiger partial charge in [-0.15, -0.1) is 0 Å². The predicted molar refractivity (Wildman–Crippen MR) is 77.9 cm³/mol. The number of aryl methyl sites for hydroxylation is 2. The molecule has 0 fully saturated rings. The molecule has 2 heterocycles. The number of hydrogen-bond acceptors (Lipinski definition) is 3. The van der Waals surface area contributed by atoms with Crippen LogP contribution in [-0.2, 0) is 0 Å². The van der Waals surface area contributed by atoms with Crippen LogP contribution in [0.1, 0.15) is 28.7 Å². The Morgan fingerprint density at radius 1 is 1.19 bits per heavy atom. The molecular formula is C16H14FN3O. The first-order valence-electron chi connectivity index (χ1n) is 6.61. The predicted octanol–water partition coefficient (Wildman–Crippen LogP) is 3.35. The third-order valence-electron chi connectivity index (χ3n) is 3.57. The molecule has 106 valence electrons. The van der Waals surface area contributed by atoms with E-state index in [9.17, 15) is 9.18 Å². The van der Waals surface area contributed by atoms with Crippen LogP contribution in [0.25, 0.3) is 16.8 Å². The van der Waals surface area contributed by atoms with Crippen LogP contribution in [0.2, 0.25) is 0 Å². The second-order valence-electron chi connectivity index (χ2n) is 5.02. The van der Waals surface area contributed by atoms with Crippen molar-refractivity contribution in [3.05, 3.63) is 53.2 Å². The average Bonchev–Trinajstić information content (AvgIpc) is 2.77. The Labute approximate surface area is 121 Å². The van der Waals surface area contributed by atoms with Crippen molar-refractivity contribution in [2.24, 2.45) is 0 Å². The molecule has 0 aliphatic carbocycles. The lowest BCUT2D eigenvalue weighted by atomic mass is 10.1. The monoisotopic (exact) mass is 283 g/mol. The highest BCUT2D eigenvalue weighted by atomic mass is 19.1. The summed E-state index contributed by atoms with van der Waals surface area (Å²) < 4.78 is 14.7. The number of carbonyl (C=O) groups excluding carboxylic acids is 1. The fraction of sp³-hybridized carbons (Fsp3) is 0.188. The minimum Gasteiger partial charge on any atom is -0.294 e. The fourth-order valence-electron chi connectivity index (χ4n) is 2.50. The molecule has 2 aromatic heterocycles. The molecule has 0 aliphatic rings. The Bertz CT molecular complexity index is 850. The molecule has 0 aliphatic heterocycles. The van der Waals surface area contributed by atoms with Gasteiger partial charge in [0, 0.05) is 11.8 Å². The lowest BCUT2D eigenvalue weighted by molar-refractivity contribution is 0.101. The third kappa shape index (κ3) is 2.11. The summed E-state index contributed by atoms with van der Waals surface area (Å²) in [5.41, 5.74) is 4.47. The molecule has 0 atom stereocenters. The van der Waals surface area contributed by atoms with Crippen LogP contribution in [0.3, 0.4) is 0 Å². The van der Waals surface area contributed by atoms with Crippen molar-refractivity contribution >= 4 is 11.4 Å². The second-order valence-corrected chi connectivity index (χ2v) is 5.02. The van der Waals surface area contributed by atoms with Gasteiger partial charge >= 0.3 is 0 Å². The van der Waals surface area contributed by atoms with Gasteiger partial charge in [0.25, 0.3) is 0 Å². The van der Waals surface area contributed by atoms with E-state index in [4.69, 9.17) is 0 Å². The summed E-state index contributed by atoms with van der Waals surface area (Å²) in [6.07, 6.45) is 1.57. The number of carbonyl (C=O) groups is 1. The van der Waals surface area contributed by atoms with Gasteiger partial charge in [0.15, 0.2) is 11.4 Å². The number of halogens is 1. The van der Waals surface area contributed by atoms with Gasteiger partial charge in [-0.1, -0.05) is 12.1 Å². The summed E-state index contributed by atoms with van der Waals surface area (Å²) in [6, 6.07) is 6.23. The normalized spacial score (nSPS) is 11.0. The van der Waals surface area contributed by atoms with Crippen molar-refractivity contribution < 1.29 is 9.18 Å². The molecule has 5 heteroatoms. The van der Waals surface area contributed by atoms with Crippen LogP contribution < -0.4 is 0 Å². The lowest BCUT2D eigenvalue weighted by Crippen LogP contribution is -2.05. The molecule has 0 spiro atoms. The number of aromatic nitrogens is 3. The molecular weight excluding hydrogens is 269 g/mol. The zero-order valence-corrected chi connectivity index (χ0v) is 12.0. The number of Topliss-reactive ketones (excluding diaryl/α,β-unsaturated/α-hetero) is 1. The molecule has 0 amide bonds. The standard InChI is InChI=1S/C16H14FN3O/c1-9-15(12-4-6-13(17)7-5-12)16-18-8-14(11(3)21)10(2)20(16)19-9/h4-8H,1-3H3. The topological polar surface area (TPSA) is 47.3 Å². The number of fused-ring (bicyclic) bond motifs is 1. The third-order valence-corrected chi connectivity index (χ3v) is 3.57. The van der Waals surface area contributed by atoms with Gasteiger partial charge in [-0.05, 0) is 38.5 Å². The van der Waals surface area contributed by atoms with E-state index >= 15 is 0 Å². The van der Waals surface area contributed by atoms with E-state index in [1.54, 1.807) is 22.8 Å². The van der Waals surface area contributed by atoms with Crippen LogP contribution in [0, 0.1) is 19.7 Å². The Morgan fingerprint density at radius 2 is 1.86 bits per heavy atom. The Kier molecular flexibility index (Phi) is 3.05. The molecule has 0 saturated heterocycles. The largest absolute Gasteiger partial charge is 0.294 e. The van der Waals surface area contributed by atoms with Gasteiger partial charge in [0.1, 0.15) is 5.82 Å². The van der Waals surface area contributed by atoms with Gasteiger partial charge in [0.05, 0.1) is 17.0 Å². The summed E-state index contributed by atoms with van der Waals surface area (Å²) in [7, 11) is 0. The van der Waals surface area contributed by atoms with Crippen molar-refractivity contribution in [3.8, 4) is 11.1 Å². The smallest absolute Gasteiger partial charge is 0.163 e. The number of benzene rings is 1. The summed E-state index contributed by atoms with van der Waals surface area (Å²) in [6.45, 7) is 5.22. The van der Waals surface area contributed by atoms with E-state index in [1.807, 2.05) is 13.8 Å². The number of nitrogens with zero attached hydrogens (tertiary/aromatic N) is 3. The first-order valence-corrected chi connectivity index (χ1v) is 6.61. The van der Waals surface area contributed by atoms with E-state index in [0.29, 0.717) is 11.2 Å². The van der Waals surface area contributed by atoms with Gasteiger partial charge < -0.3 is 0 Å². The summed E-state index contributed by atoms with van der Waals surface area (Å²) in [5.74, 6) is -0.325. The zero-order valence-electron chi connectivity index (χ0n) is 12.0. The molecule has 1 aromatic carbocycles. The minimum absolute atomic E-state index is 0.0432. The zero-order chi connectivity index (χ0) is 15.1. The second kappa shape index (κ2) is 4.77. The van der Waals surface area contributed by atoms with E-state index in [1.165, 1.54) is 19.1 Å². The van der Waals surface area contributed by atoms with Crippen LogP contribution in [-0.4, -0.2) is 20.4 Å². The van der Waals surface area contributed by atoms with E-state index in [2.05, 4.69) is 10.1 Å². The van der Waals surface area contributed by atoms with Crippen LogP contribution >= 0.6 is 0 Å². The summed E-state index contributed by atoms with van der Waals surface area (Å²) in [5, 5.41) is 4.46. The van der Waals surface area contributed by atoms with Crippen molar-refractivity contribution in [3.63, 3.8) is 0 Å². The molecule has 3 rings (SSSR count). The van der Waals surface area contributed by atoms with Crippen molar-refractivity contribution in [1.29, 1.82) is 0 Å². The average molecular weight is 283 g/mol. The van der Waals surface area contributed by atoms with Crippen molar-refractivity contribution in [2.75, 3.05) is 0 Å². The first-order chi connectivity index (χ1) is 9.99. The highest BCUT2D eigenvalue weighted by Crippen LogP contribution is 2.28. The maximum atomic E-state index is 13.1. The van der Waals surface area contributed by atoms with Crippen LogP contribution in [0.5, 0.6) is 0 Å². The minimum atomic E-state index is -0.282. The quantitative estimate of drug-likeness (QED) is 0.678. The maximum absolute atomic E-state index is 13.1. The highest BCUT2D eigenvalue weighted by Gasteiger charge is 2.17. The first kappa shape index (κ1) is 13.4. The van der Waals surface area contributed by atoms with E-state index in [-0.39, 0.29) is 11.6 Å². The Balaban J connectivity index is 2.30. The summed E-state index contributed by atoms with van der Waals surface area (Å²) >= 11 is 0. The highest BCUT2D eigenvalue weighted by molar-refractivity contribution is 5.95. The van der Waals surface area contributed by atoms with Crippen molar-refractivity contribution in [2.45, 2.75) is 20.8 Å². The van der Waals surface area contributed by atoms with Crippen LogP contribution in [0.15, 0.2) is 30.5 Å². The maximum Gasteiger partial charge on any atom is 0.163 e. The SMILES string of the molecule is CC(=O)c1cnc2c(-c3ccc(F)cc3)c(C)nn2c1C. The Morgan fingerprint density at radius 3 is 2.48 bits per heavy atom. The molecule has 0 N–H and O–H groups in total. The summed E-state index contributed by atoms with van der Waals surface area (Å²) in [4.78, 5) is 16.0. The van der Waals surface area contributed by atoms with Crippen LogP contribution in [0.4, 0.5) is 4.39 Å². The molecule has 0 bridgehead atoms. The Hall–Kier alpha value is -2.56. The van der Waals surface area contributed by atoms with Crippen molar-refractivity contribution in [1.82, 2.24) is 14.6 Å². The number of hydrogen-bond donors (Lipinski definition) is 0. The molecule has 0 saturated carbocycles.